The molecule has 0 bridgehead atoms. The van der Waals surface area contributed by atoms with E-state index >= 15 is 0 Å². The molecule has 2 heterocycles. The predicted molar refractivity (Wildman–Crippen MR) is 72.8 cm³/mol. The highest BCUT2D eigenvalue weighted by atomic mass is 16.2. The maximum absolute atomic E-state index is 11.3. The summed E-state index contributed by atoms with van der Waals surface area (Å²) in [5.74, 6) is 0.0931. The van der Waals surface area contributed by atoms with Crippen LogP contribution >= 0.6 is 0 Å². The third-order valence-corrected chi connectivity index (χ3v) is 3.52. The lowest BCUT2D eigenvalue weighted by molar-refractivity contribution is -0.119. The van der Waals surface area contributed by atoms with Crippen molar-refractivity contribution in [2.24, 2.45) is 0 Å². The Balaban J connectivity index is 1.70. The zero-order valence-corrected chi connectivity index (χ0v) is 10.5. The van der Waals surface area contributed by atoms with Crippen molar-refractivity contribution < 1.29 is 9.59 Å². The Labute approximate surface area is 110 Å². The Morgan fingerprint density at radius 3 is 2.89 bits per heavy atom. The molecule has 0 saturated carbocycles. The van der Waals surface area contributed by atoms with Gasteiger partial charge in [-0.15, -0.1) is 0 Å². The molecule has 0 aromatic heterocycles. The number of hydrogen-bond acceptors (Lipinski definition) is 4. The molecule has 5 N–H and O–H groups in total. The molecule has 6 heteroatoms. The van der Waals surface area contributed by atoms with Crippen LogP contribution < -0.4 is 21.7 Å². The molecule has 1 fully saturated rings. The molecule has 1 unspecified atom stereocenters. The lowest BCUT2D eigenvalue weighted by atomic mass is 10.1. The molecule has 0 spiro atoms. The maximum Gasteiger partial charge on any atom is 0.228 e. The highest BCUT2D eigenvalue weighted by molar-refractivity contribution is 6.00. The molecule has 2 aliphatic heterocycles. The summed E-state index contributed by atoms with van der Waals surface area (Å²) < 4.78 is 0. The number of nitrogens with one attached hydrogen (secondary N) is 3. The summed E-state index contributed by atoms with van der Waals surface area (Å²) in [6, 6.07) is 3.82. The number of benzene rings is 1. The van der Waals surface area contributed by atoms with Gasteiger partial charge in [0.05, 0.1) is 17.8 Å². The second kappa shape index (κ2) is 4.46. The van der Waals surface area contributed by atoms with Crippen LogP contribution in [-0.2, 0) is 16.0 Å². The Morgan fingerprint density at radius 2 is 2.16 bits per heavy atom. The number of hydrogen-bond donors (Lipinski definition) is 4. The van der Waals surface area contributed by atoms with Gasteiger partial charge >= 0.3 is 0 Å². The first-order valence-corrected chi connectivity index (χ1v) is 6.37. The van der Waals surface area contributed by atoms with E-state index in [2.05, 4.69) is 16.0 Å². The van der Waals surface area contributed by atoms with Gasteiger partial charge in [-0.3, -0.25) is 9.59 Å². The molecule has 6 nitrogen and oxygen atoms in total. The molecule has 100 valence electrons. The Hall–Kier alpha value is -2.24. The smallest absolute Gasteiger partial charge is 0.228 e. The van der Waals surface area contributed by atoms with Crippen molar-refractivity contribution in [3.05, 3.63) is 17.7 Å². The van der Waals surface area contributed by atoms with Crippen LogP contribution in [0, 0.1) is 0 Å². The molecule has 19 heavy (non-hydrogen) atoms. The fraction of sp³-hybridized carbons (Fsp3) is 0.385. The van der Waals surface area contributed by atoms with E-state index in [4.69, 9.17) is 5.73 Å². The third kappa shape index (κ3) is 2.33. The van der Waals surface area contributed by atoms with Gasteiger partial charge in [-0.2, -0.15) is 0 Å². The Kier molecular flexibility index (Phi) is 2.77. The minimum absolute atomic E-state index is 0.00499. The van der Waals surface area contributed by atoms with Crippen molar-refractivity contribution in [3.63, 3.8) is 0 Å². The summed E-state index contributed by atoms with van der Waals surface area (Å²) >= 11 is 0. The number of carbonyl (C=O) groups is 2. The summed E-state index contributed by atoms with van der Waals surface area (Å²) in [4.78, 5) is 22.4. The van der Waals surface area contributed by atoms with Gasteiger partial charge in [0.2, 0.25) is 11.8 Å². The summed E-state index contributed by atoms with van der Waals surface area (Å²) in [6.07, 6.45) is 1.81. The number of rotatable bonds is 3. The Morgan fingerprint density at radius 1 is 1.32 bits per heavy atom. The summed E-state index contributed by atoms with van der Waals surface area (Å²) in [5, 5.41) is 8.92. The topological polar surface area (TPSA) is 96.2 Å². The molecule has 1 atom stereocenters. The Bertz CT molecular complexity index is 556. The van der Waals surface area contributed by atoms with Gasteiger partial charge in [0.25, 0.3) is 0 Å². The predicted octanol–water partition coefficient (Wildman–Crippen LogP) is 0.454. The van der Waals surface area contributed by atoms with Crippen LogP contribution in [0.5, 0.6) is 0 Å². The number of anilines is 3. The molecular weight excluding hydrogens is 244 g/mol. The van der Waals surface area contributed by atoms with Crippen LogP contribution in [-0.4, -0.2) is 24.4 Å². The highest BCUT2D eigenvalue weighted by Gasteiger charge is 2.22. The zero-order valence-electron chi connectivity index (χ0n) is 10.5. The van der Waals surface area contributed by atoms with Crippen LogP contribution in [0.15, 0.2) is 12.1 Å². The van der Waals surface area contributed by atoms with Gasteiger partial charge in [0, 0.05) is 24.7 Å². The van der Waals surface area contributed by atoms with Crippen LogP contribution in [0.25, 0.3) is 0 Å². The van der Waals surface area contributed by atoms with Crippen molar-refractivity contribution in [2.45, 2.75) is 25.3 Å². The van der Waals surface area contributed by atoms with Gasteiger partial charge in [-0.1, -0.05) is 0 Å². The standard InChI is InChI=1S/C13H16N4O2/c14-9-3-7-4-13(19)17-10(7)5-11(9)15-6-8-1-2-12(18)16-8/h3,5,8,15H,1-2,4,6,14H2,(H,16,18)(H,17,19). The van der Waals surface area contributed by atoms with Gasteiger partial charge in [-0.05, 0) is 24.1 Å². The molecular formula is C13H16N4O2. The maximum atomic E-state index is 11.3. The fourth-order valence-electron chi connectivity index (χ4n) is 2.51. The lowest BCUT2D eigenvalue weighted by Gasteiger charge is -2.15. The highest BCUT2D eigenvalue weighted by Crippen LogP contribution is 2.31. The zero-order chi connectivity index (χ0) is 13.4. The molecule has 1 aromatic carbocycles. The van der Waals surface area contributed by atoms with Gasteiger partial charge < -0.3 is 21.7 Å². The second-order valence-electron chi connectivity index (χ2n) is 5.01. The quantitative estimate of drug-likeness (QED) is 0.593. The molecule has 3 rings (SSSR count). The second-order valence-corrected chi connectivity index (χ2v) is 5.01. The average molecular weight is 260 g/mol. The average Bonchev–Trinajstić information content (AvgIpc) is 2.91. The van der Waals surface area contributed by atoms with Crippen molar-refractivity contribution in [2.75, 3.05) is 22.9 Å². The first kappa shape index (κ1) is 11.8. The fourth-order valence-corrected chi connectivity index (χ4v) is 2.51. The van der Waals surface area contributed by atoms with Gasteiger partial charge in [0.15, 0.2) is 0 Å². The van der Waals surface area contributed by atoms with E-state index in [9.17, 15) is 9.59 Å². The van der Waals surface area contributed by atoms with Gasteiger partial charge in [0.1, 0.15) is 0 Å². The van der Waals surface area contributed by atoms with E-state index in [0.29, 0.717) is 25.1 Å². The van der Waals surface area contributed by atoms with Crippen molar-refractivity contribution in [1.82, 2.24) is 5.32 Å². The molecule has 2 amide bonds. The third-order valence-electron chi connectivity index (χ3n) is 3.52. The SMILES string of the molecule is Nc1cc2c(cc1NCC1CCC(=O)N1)NC(=O)C2. The van der Waals surface area contributed by atoms with Gasteiger partial charge in [-0.25, -0.2) is 0 Å². The van der Waals surface area contributed by atoms with E-state index in [0.717, 1.165) is 23.4 Å². The number of nitrogen functional groups attached to an aromatic ring is 1. The first-order valence-electron chi connectivity index (χ1n) is 6.37. The van der Waals surface area contributed by atoms with E-state index in [1.807, 2.05) is 12.1 Å². The largest absolute Gasteiger partial charge is 0.397 e. The van der Waals surface area contributed by atoms with Crippen molar-refractivity contribution in [3.8, 4) is 0 Å². The van der Waals surface area contributed by atoms with E-state index in [-0.39, 0.29) is 17.9 Å². The molecule has 2 aliphatic rings. The minimum atomic E-state index is -0.00499. The van der Waals surface area contributed by atoms with Crippen LogP contribution in [0.3, 0.4) is 0 Å². The molecule has 0 radical (unpaired) electrons. The van der Waals surface area contributed by atoms with Crippen LogP contribution in [0.1, 0.15) is 18.4 Å². The number of carbonyl (C=O) groups excluding carboxylic acids is 2. The summed E-state index contributed by atoms with van der Waals surface area (Å²) in [7, 11) is 0. The molecule has 1 saturated heterocycles. The number of nitrogens with two attached hydrogens (primary N) is 1. The van der Waals surface area contributed by atoms with E-state index in [1.165, 1.54) is 0 Å². The van der Waals surface area contributed by atoms with Crippen LogP contribution in [0.4, 0.5) is 17.1 Å². The summed E-state index contributed by atoms with van der Waals surface area (Å²) in [6.45, 7) is 0.642. The summed E-state index contributed by atoms with van der Waals surface area (Å²) in [5.41, 5.74) is 9.13. The molecule has 0 aliphatic carbocycles. The lowest BCUT2D eigenvalue weighted by Crippen LogP contribution is -2.31. The van der Waals surface area contributed by atoms with E-state index < -0.39 is 0 Å². The number of fused-ring (bicyclic) bond motifs is 1. The molecule has 1 aromatic rings. The minimum Gasteiger partial charge on any atom is -0.397 e. The normalized spacial score (nSPS) is 20.9. The monoisotopic (exact) mass is 260 g/mol. The van der Waals surface area contributed by atoms with E-state index in [1.54, 1.807) is 0 Å². The number of amides is 2. The first-order chi connectivity index (χ1) is 9.11. The van der Waals surface area contributed by atoms with Crippen molar-refractivity contribution >= 4 is 28.9 Å². The van der Waals surface area contributed by atoms with Crippen LogP contribution in [0.2, 0.25) is 0 Å². The van der Waals surface area contributed by atoms with Crippen molar-refractivity contribution in [1.29, 1.82) is 0 Å².